The van der Waals surface area contributed by atoms with Crippen LogP contribution in [0.4, 0.5) is 0 Å². The van der Waals surface area contributed by atoms with Gasteiger partial charge in [-0.3, -0.25) is 0 Å². The molecule has 2 aromatic rings. The Bertz CT molecular complexity index is 749. The number of para-hydroxylation sites is 2. The third-order valence-corrected chi connectivity index (χ3v) is 3.67. The fourth-order valence-corrected chi connectivity index (χ4v) is 2.39. The molecule has 0 fully saturated rings. The van der Waals surface area contributed by atoms with Gasteiger partial charge in [-0.2, -0.15) is 0 Å². The van der Waals surface area contributed by atoms with Gasteiger partial charge in [0.05, 0.1) is 6.10 Å². The highest BCUT2D eigenvalue weighted by Gasteiger charge is 2.16. The summed E-state index contributed by atoms with van der Waals surface area (Å²) in [6, 6.07) is 18.3. The van der Waals surface area contributed by atoms with Crippen molar-refractivity contribution in [1.29, 1.82) is 0 Å². The van der Waals surface area contributed by atoms with Crippen molar-refractivity contribution in [1.82, 2.24) is 4.90 Å². The number of carbonyl (C=O) groups is 2. The van der Waals surface area contributed by atoms with E-state index in [4.69, 9.17) is 29.3 Å². The van der Waals surface area contributed by atoms with Gasteiger partial charge < -0.3 is 24.6 Å². The molecule has 158 valence electrons. The Balaban J connectivity index is 0.000000612. The van der Waals surface area contributed by atoms with Gasteiger partial charge in [-0.25, -0.2) is 9.59 Å². The summed E-state index contributed by atoms with van der Waals surface area (Å²) in [5, 5.41) is 14.8. The lowest BCUT2D eigenvalue weighted by Crippen LogP contribution is -2.19. The molecule has 0 aliphatic heterocycles. The number of carboxylic acid groups (broad SMARTS) is 2. The Morgan fingerprint density at radius 3 is 1.79 bits per heavy atom. The van der Waals surface area contributed by atoms with Crippen molar-refractivity contribution >= 4 is 11.9 Å². The molecule has 29 heavy (non-hydrogen) atoms. The summed E-state index contributed by atoms with van der Waals surface area (Å²) in [7, 11) is 4.16. The van der Waals surface area contributed by atoms with Crippen molar-refractivity contribution in [2.75, 3.05) is 20.6 Å². The molecular formula is C22H29NO6. The Morgan fingerprint density at radius 2 is 1.34 bits per heavy atom. The standard InChI is InChI=1S/C20H27NO2.C2H2O4/c1-16(2)22-19-12-8-9-13-20(19)23-18(14-15-21(3)4)17-10-6-5-7-11-17;3-1(4)2(5)6/h5-13,16,18H,14-15H2,1-4H3;(H,3,4)(H,5,6). The monoisotopic (exact) mass is 403 g/mol. The molecule has 2 rings (SSSR count). The topological polar surface area (TPSA) is 96.3 Å². The molecule has 0 saturated carbocycles. The van der Waals surface area contributed by atoms with E-state index >= 15 is 0 Å². The zero-order valence-electron chi connectivity index (χ0n) is 17.2. The molecule has 2 aromatic carbocycles. The summed E-state index contributed by atoms with van der Waals surface area (Å²) < 4.78 is 12.2. The highest BCUT2D eigenvalue weighted by molar-refractivity contribution is 6.27. The molecule has 0 spiro atoms. The summed E-state index contributed by atoms with van der Waals surface area (Å²) >= 11 is 0. The second kappa shape index (κ2) is 12.4. The molecule has 0 aliphatic rings. The highest BCUT2D eigenvalue weighted by Crippen LogP contribution is 2.33. The first kappa shape index (κ1) is 24.0. The molecule has 0 heterocycles. The van der Waals surface area contributed by atoms with Gasteiger partial charge in [0.2, 0.25) is 0 Å². The number of benzene rings is 2. The summed E-state index contributed by atoms with van der Waals surface area (Å²) in [6.45, 7) is 5.02. The van der Waals surface area contributed by atoms with E-state index in [1.54, 1.807) is 0 Å². The van der Waals surface area contributed by atoms with E-state index in [0.717, 1.165) is 24.5 Å². The minimum atomic E-state index is -1.82. The van der Waals surface area contributed by atoms with Crippen molar-refractivity contribution in [3.63, 3.8) is 0 Å². The molecule has 0 bridgehead atoms. The van der Waals surface area contributed by atoms with E-state index in [2.05, 4.69) is 43.3 Å². The number of ether oxygens (including phenoxy) is 2. The Kier molecular flexibility index (Phi) is 10.3. The zero-order valence-corrected chi connectivity index (χ0v) is 17.2. The number of hydrogen-bond acceptors (Lipinski definition) is 5. The first-order chi connectivity index (χ1) is 13.7. The molecule has 0 radical (unpaired) electrons. The maximum atomic E-state index is 9.10. The molecule has 0 aromatic heterocycles. The van der Waals surface area contributed by atoms with Gasteiger partial charge in [-0.05, 0) is 45.6 Å². The van der Waals surface area contributed by atoms with Crippen molar-refractivity contribution in [3.05, 3.63) is 60.2 Å². The molecule has 0 saturated heterocycles. The van der Waals surface area contributed by atoms with E-state index in [-0.39, 0.29) is 12.2 Å². The van der Waals surface area contributed by atoms with Crippen LogP contribution < -0.4 is 9.47 Å². The van der Waals surface area contributed by atoms with E-state index in [0.29, 0.717) is 0 Å². The summed E-state index contributed by atoms with van der Waals surface area (Å²) in [6.07, 6.45) is 1.06. The van der Waals surface area contributed by atoms with Gasteiger partial charge in [0.1, 0.15) is 6.10 Å². The average molecular weight is 403 g/mol. The van der Waals surface area contributed by atoms with Gasteiger partial charge >= 0.3 is 11.9 Å². The average Bonchev–Trinajstić information content (AvgIpc) is 2.67. The lowest BCUT2D eigenvalue weighted by Gasteiger charge is -2.23. The van der Waals surface area contributed by atoms with Crippen molar-refractivity contribution in [2.45, 2.75) is 32.5 Å². The third-order valence-electron chi connectivity index (χ3n) is 3.67. The second-order valence-corrected chi connectivity index (χ2v) is 6.83. The number of nitrogens with zero attached hydrogens (tertiary/aromatic N) is 1. The van der Waals surface area contributed by atoms with Crippen LogP contribution in [0.15, 0.2) is 54.6 Å². The maximum absolute atomic E-state index is 9.10. The largest absolute Gasteiger partial charge is 0.487 e. The van der Waals surface area contributed by atoms with E-state index < -0.39 is 11.9 Å². The molecule has 0 amide bonds. The molecule has 0 aliphatic carbocycles. The minimum absolute atomic E-state index is 0.00973. The Hall–Kier alpha value is -3.06. The quantitative estimate of drug-likeness (QED) is 0.649. The first-order valence-corrected chi connectivity index (χ1v) is 9.29. The van der Waals surface area contributed by atoms with Gasteiger partial charge in [0.25, 0.3) is 0 Å². The first-order valence-electron chi connectivity index (χ1n) is 9.29. The summed E-state index contributed by atoms with van der Waals surface area (Å²) in [4.78, 5) is 20.4. The van der Waals surface area contributed by atoms with Crippen molar-refractivity contribution in [2.24, 2.45) is 0 Å². The van der Waals surface area contributed by atoms with Crippen LogP contribution in [0.25, 0.3) is 0 Å². The second-order valence-electron chi connectivity index (χ2n) is 6.83. The van der Waals surface area contributed by atoms with E-state index in [1.807, 2.05) is 44.2 Å². The Labute approximate surface area is 171 Å². The van der Waals surface area contributed by atoms with Crippen LogP contribution in [0.2, 0.25) is 0 Å². The van der Waals surface area contributed by atoms with Crippen LogP contribution in [0.3, 0.4) is 0 Å². The predicted molar refractivity (Wildman–Crippen MR) is 110 cm³/mol. The van der Waals surface area contributed by atoms with Crippen LogP contribution in [0, 0.1) is 0 Å². The summed E-state index contributed by atoms with van der Waals surface area (Å²) in [5.41, 5.74) is 1.19. The van der Waals surface area contributed by atoms with E-state index in [1.165, 1.54) is 5.56 Å². The SMILES string of the molecule is CC(C)Oc1ccccc1OC(CCN(C)C)c1ccccc1.O=C(O)C(=O)O. The fourth-order valence-electron chi connectivity index (χ4n) is 2.39. The zero-order chi connectivity index (χ0) is 21.8. The van der Waals surface area contributed by atoms with Crippen LogP contribution in [-0.4, -0.2) is 53.8 Å². The molecule has 7 heteroatoms. The number of rotatable bonds is 8. The lowest BCUT2D eigenvalue weighted by atomic mass is 10.1. The fraction of sp³-hybridized carbons (Fsp3) is 0.364. The molecular weight excluding hydrogens is 374 g/mol. The minimum Gasteiger partial charge on any atom is -0.487 e. The van der Waals surface area contributed by atoms with Crippen molar-refractivity contribution < 1.29 is 29.3 Å². The third kappa shape index (κ3) is 9.62. The lowest BCUT2D eigenvalue weighted by molar-refractivity contribution is -0.159. The van der Waals surface area contributed by atoms with Gasteiger partial charge in [-0.1, -0.05) is 42.5 Å². The number of aliphatic carboxylic acids is 2. The van der Waals surface area contributed by atoms with Gasteiger partial charge in [0.15, 0.2) is 11.5 Å². The van der Waals surface area contributed by atoms with E-state index in [9.17, 15) is 0 Å². The predicted octanol–water partition coefficient (Wildman–Crippen LogP) is 3.70. The van der Waals surface area contributed by atoms with Crippen LogP contribution in [-0.2, 0) is 9.59 Å². The Morgan fingerprint density at radius 1 is 0.862 bits per heavy atom. The van der Waals surface area contributed by atoms with Crippen molar-refractivity contribution in [3.8, 4) is 11.5 Å². The molecule has 2 N–H and O–H groups in total. The molecule has 1 unspecified atom stereocenters. The molecule has 7 nitrogen and oxygen atoms in total. The van der Waals surface area contributed by atoms with Crippen LogP contribution >= 0.6 is 0 Å². The van der Waals surface area contributed by atoms with Gasteiger partial charge in [-0.15, -0.1) is 0 Å². The maximum Gasteiger partial charge on any atom is 0.414 e. The van der Waals surface area contributed by atoms with Crippen LogP contribution in [0.5, 0.6) is 11.5 Å². The van der Waals surface area contributed by atoms with Crippen LogP contribution in [0.1, 0.15) is 31.9 Å². The molecule has 1 atom stereocenters. The normalized spacial score (nSPS) is 11.4. The number of carboxylic acids is 2. The highest BCUT2D eigenvalue weighted by atomic mass is 16.5. The summed E-state index contributed by atoms with van der Waals surface area (Å²) in [5.74, 6) is -2.05. The van der Waals surface area contributed by atoms with Gasteiger partial charge in [0, 0.05) is 13.0 Å². The number of hydrogen-bond donors (Lipinski definition) is 2. The smallest absolute Gasteiger partial charge is 0.414 e.